The number of hydrogen-bond acceptors (Lipinski definition) is 5. The molecule has 3 amide bonds. The van der Waals surface area contributed by atoms with Crippen LogP contribution >= 0.6 is 0 Å². The standard InChI is InChI=1S/C30H37F3N4O4/c1-40-29(30(31,32)33,22-7-3-2-4-8-22)26(38)36-16-12-28(13-17-36)11-14-34-21-24(28)23-9-5-6-10-25(23)41-20-19-37-18-15-35-27(37)39/h2-10,24,34H,11-21H2,1H3,(H,35,39)/t24?,29-/m1/s1. The summed E-state index contributed by atoms with van der Waals surface area (Å²) in [5.74, 6) is -0.268. The Kier molecular flexibility index (Phi) is 8.47. The van der Waals surface area contributed by atoms with Gasteiger partial charge in [0.2, 0.25) is 0 Å². The van der Waals surface area contributed by atoms with E-state index < -0.39 is 17.7 Å². The Bertz CT molecular complexity index is 1220. The number of para-hydroxylation sites is 1. The van der Waals surface area contributed by atoms with E-state index in [0.717, 1.165) is 31.4 Å². The summed E-state index contributed by atoms with van der Waals surface area (Å²) >= 11 is 0. The summed E-state index contributed by atoms with van der Waals surface area (Å²) in [6.45, 7) is 4.03. The monoisotopic (exact) mass is 574 g/mol. The van der Waals surface area contributed by atoms with Crippen LogP contribution in [0.3, 0.4) is 0 Å². The van der Waals surface area contributed by atoms with Crippen molar-refractivity contribution in [2.75, 3.05) is 59.5 Å². The van der Waals surface area contributed by atoms with E-state index >= 15 is 0 Å². The van der Waals surface area contributed by atoms with Gasteiger partial charge in [-0.1, -0.05) is 48.5 Å². The highest BCUT2D eigenvalue weighted by atomic mass is 19.4. The fourth-order valence-corrected chi connectivity index (χ4v) is 6.68. The Morgan fingerprint density at radius 1 is 1.00 bits per heavy atom. The van der Waals surface area contributed by atoms with Gasteiger partial charge in [0, 0.05) is 51.3 Å². The number of urea groups is 1. The van der Waals surface area contributed by atoms with Crippen LogP contribution in [0.2, 0.25) is 0 Å². The van der Waals surface area contributed by atoms with Crippen molar-refractivity contribution in [3.05, 3.63) is 65.7 Å². The number of carbonyl (C=O) groups excluding carboxylic acids is 2. The van der Waals surface area contributed by atoms with Crippen molar-refractivity contribution in [1.82, 2.24) is 20.4 Å². The van der Waals surface area contributed by atoms with Crippen molar-refractivity contribution in [1.29, 1.82) is 0 Å². The number of piperidine rings is 2. The molecule has 2 aromatic carbocycles. The molecular weight excluding hydrogens is 537 g/mol. The van der Waals surface area contributed by atoms with Gasteiger partial charge in [-0.3, -0.25) is 4.79 Å². The number of carbonyl (C=O) groups is 2. The Labute approximate surface area is 238 Å². The molecular formula is C30H37F3N4O4. The summed E-state index contributed by atoms with van der Waals surface area (Å²) in [5, 5.41) is 6.27. The topological polar surface area (TPSA) is 83.1 Å². The summed E-state index contributed by atoms with van der Waals surface area (Å²) in [6.07, 6.45) is -2.95. The summed E-state index contributed by atoms with van der Waals surface area (Å²) < 4.78 is 54.9. The van der Waals surface area contributed by atoms with E-state index in [9.17, 15) is 22.8 Å². The smallest absolute Gasteiger partial charge is 0.430 e. The molecule has 3 heterocycles. The predicted octanol–water partition coefficient (Wildman–Crippen LogP) is 3.88. The SMILES string of the molecule is CO[C@@](C(=O)N1CCC2(CCNCC2c2ccccc2OCCN2CCNC2=O)CC1)(c1ccccc1)C(F)(F)F. The quantitative estimate of drug-likeness (QED) is 0.500. The number of rotatable bonds is 8. The van der Waals surface area contributed by atoms with E-state index in [1.807, 2.05) is 24.3 Å². The zero-order valence-electron chi connectivity index (χ0n) is 23.2. The molecule has 2 N–H and O–H groups in total. The minimum absolute atomic E-state index is 0.0590. The van der Waals surface area contributed by atoms with Gasteiger partial charge < -0.3 is 29.9 Å². The Hall–Kier alpha value is -3.31. The lowest BCUT2D eigenvalue weighted by molar-refractivity contribution is -0.271. The molecule has 41 heavy (non-hydrogen) atoms. The summed E-state index contributed by atoms with van der Waals surface area (Å²) in [7, 11) is 0.944. The number of nitrogens with one attached hydrogen (secondary N) is 2. The summed E-state index contributed by atoms with van der Waals surface area (Å²) in [4.78, 5) is 28.6. The highest BCUT2D eigenvalue weighted by Gasteiger charge is 2.64. The second-order valence-electron chi connectivity index (χ2n) is 11.0. The van der Waals surface area contributed by atoms with E-state index in [2.05, 4.69) is 10.6 Å². The molecule has 222 valence electrons. The van der Waals surface area contributed by atoms with Crippen LogP contribution in [0.4, 0.5) is 18.0 Å². The van der Waals surface area contributed by atoms with Gasteiger partial charge in [0.05, 0.1) is 6.54 Å². The van der Waals surface area contributed by atoms with Crippen molar-refractivity contribution in [3.63, 3.8) is 0 Å². The van der Waals surface area contributed by atoms with E-state index in [1.54, 1.807) is 11.0 Å². The van der Waals surface area contributed by atoms with Crippen LogP contribution in [0.1, 0.15) is 36.3 Å². The molecule has 1 unspecified atom stereocenters. The average Bonchev–Trinajstić information content (AvgIpc) is 3.39. The third kappa shape index (κ3) is 5.49. The number of alkyl halides is 3. The molecule has 2 aromatic rings. The van der Waals surface area contributed by atoms with Crippen molar-refractivity contribution >= 4 is 11.9 Å². The maximum absolute atomic E-state index is 14.5. The first-order valence-electron chi connectivity index (χ1n) is 14.1. The van der Waals surface area contributed by atoms with Crippen LogP contribution in [-0.2, 0) is 15.1 Å². The minimum atomic E-state index is -4.93. The molecule has 3 aliphatic heterocycles. The van der Waals surface area contributed by atoms with E-state index in [4.69, 9.17) is 9.47 Å². The van der Waals surface area contributed by atoms with Crippen LogP contribution in [0.15, 0.2) is 54.6 Å². The van der Waals surface area contributed by atoms with Gasteiger partial charge in [-0.15, -0.1) is 0 Å². The number of ether oxygens (including phenoxy) is 2. The van der Waals surface area contributed by atoms with Gasteiger partial charge in [-0.2, -0.15) is 13.2 Å². The molecule has 0 aliphatic carbocycles. The Morgan fingerprint density at radius 2 is 1.71 bits per heavy atom. The zero-order chi connectivity index (χ0) is 29.1. The first kappa shape index (κ1) is 29.2. The first-order chi connectivity index (χ1) is 19.7. The van der Waals surface area contributed by atoms with Crippen molar-refractivity contribution in [3.8, 4) is 5.75 Å². The second kappa shape index (κ2) is 11.9. The minimum Gasteiger partial charge on any atom is -0.491 e. The van der Waals surface area contributed by atoms with Gasteiger partial charge in [0.25, 0.3) is 11.5 Å². The summed E-state index contributed by atoms with van der Waals surface area (Å²) in [6, 6.07) is 14.9. The zero-order valence-corrected chi connectivity index (χ0v) is 23.2. The highest BCUT2D eigenvalue weighted by Crippen LogP contribution is 2.51. The number of benzene rings is 2. The number of halogens is 3. The van der Waals surface area contributed by atoms with Crippen molar-refractivity contribution in [2.24, 2.45) is 5.41 Å². The highest BCUT2D eigenvalue weighted by molar-refractivity contribution is 5.88. The predicted molar refractivity (Wildman–Crippen MR) is 147 cm³/mol. The van der Waals surface area contributed by atoms with Crippen LogP contribution in [-0.4, -0.2) is 87.4 Å². The van der Waals surface area contributed by atoms with E-state index in [0.29, 0.717) is 45.6 Å². The molecule has 8 nitrogen and oxygen atoms in total. The lowest BCUT2D eigenvalue weighted by Crippen LogP contribution is -2.59. The normalized spacial score (nSPS) is 22.3. The molecule has 3 fully saturated rings. The van der Waals surface area contributed by atoms with Gasteiger partial charge >= 0.3 is 12.2 Å². The van der Waals surface area contributed by atoms with Gasteiger partial charge in [-0.25, -0.2) is 4.79 Å². The van der Waals surface area contributed by atoms with Gasteiger partial charge in [0.15, 0.2) is 0 Å². The molecule has 3 saturated heterocycles. The van der Waals surface area contributed by atoms with Crippen molar-refractivity contribution < 1.29 is 32.2 Å². The molecule has 0 aromatic heterocycles. The molecule has 11 heteroatoms. The first-order valence-corrected chi connectivity index (χ1v) is 14.1. The van der Waals surface area contributed by atoms with E-state index in [-0.39, 0.29) is 36.0 Å². The summed E-state index contributed by atoms with van der Waals surface area (Å²) in [5.41, 5.74) is -2.44. The number of methoxy groups -OCH3 is 1. The maximum atomic E-state index is 14.5. The fourth-order valence-electron chi connectivity index (χ4n) is 6.68. The fraction of sp³-hybridized carbons (Fsp3) is 0.533. The van der Waals surface area contributed by atoms with E-state index in [1.165, 1.54) is 29.2 Å². The molecule has 3 aliphatic rings. The largest absolute Gasteiger partial charge is 0.491 e. The van der Waals surface area contributed by atoms with Crippen LogP contribution < -0.4 is 15.4 Å². The third-order valence-electron chi connectivity index (χ3n) is 8.98. The third-order valence-corrected chi connectivity index (χ3v) is 8.98. The van der Waals surface area contributed by atoms with Gasteiger partial charge in [0.1, 0.15) is 12.4 Å². The number of nitrogens with zero attached hydrogens (tertiary/aromatic N) is 2. The molecule has 0 bridgehead atoms. The molecule has 0 radical (unpaired) electrons. The number of likely N-dealkylation sites (tertiary alicyclic amines) is 1. The molecule has 2 atom stereocenters. The maximum Gasteiger partial charge on any atom is 0.430 e. The van der Waals surface area contributed by atoms with Gasteiger partial charge in [-0.05, 0) is 42.9 Å². The second-order valence-corrected chi connectivity index (χ2v) is 11.0. The lowest BCUT2D eigenvalue weighted by atomic mass is 9.62. The van der Waals surface area contributed by atoms with Crippen LogP contribution in [0, 0.1) is 5.41 Å². The van der Waals surface area contributed by atoms with Crippen LogP contribution in [0.5, 0.6) is 5.75 Å². The van der Waals surface area contributed by atoms with Crippen LogP contribution in [0.25, 0.3) is 0 Å². The molecule has 5 rings (SSSR count). The Morgan fingerprint density at radius 3 is 2.37 bits per heavy atom. The average molecular weight is 575 g/mol. The number of hydrogen-bond donors (Lipinski definition) is 2. The number of amides is 3. The Balaban J connectivity index is 1.33. The lowest BCUT2D eigenvalue weighted by Gasteiger charge is -2.51. The molecule has 0 saturated carbocycles. The molecule has 1 spiro atoms. The van der Waals surface area contributed by atoms with Crippen molar-refractivity contribution in [2.45, 2.75) is 37.0 Å².